The highest BCUT2D eigenvalue weighted by atomic mass is 16.3. The molecule has 5 rings (SSSR count). The van der Waals surface area contributed by atoms with Crippen molar-refractivity contribution >= 4 is 5.78 Å². The van der Waals surface area contributed by atoms with E-state index in [4.69, 9.17) is 0 Å². The number of fused-ring (bicyclic) bond motifs is 7. The topological polar surface area (TPSA) is 57.5 Å². The van der Waals surface area contributed by atoms with Gasteiger partial charge in [0.1, 0.15) is 5.78 Å². The van der Waals surface area contributed by atoms with E-state index in [0.717, 1.165) is 38.5 Å². The van der Waals surface area contributed by atoms with E-state index in [9.17, 15) is 15.0 Å². The molecule has 9 atom stereocenters. The van der Waals surface area contributed by atoms with Gasteiger partial charge in [0.15, 0.2) is 0 Å². The quantitative estimate of drug-likeness (QED) is 0.454. The van der Waals surface area contributed by atoms with E-state index >= 15 is 0 Å². The van der Waals surface area contributed by atoms with E-state index in [2.05, 4.69) is 54.5 Å². The second-order valence-electron chi connectivity index (χ2n) is 14.9. The summed E-state index contributed by atoms with van der Waals surface area (Å²) in [5, 5.41) is 21.1. The fraction of sp³-hybridized carbons (Fsp3) is 0.900. The van der Waals surface area contributed by atoms with Crippen molar-refractivity contribution in [3.63, 3.8) is 0 Å². The highest BCUT2D eigenvalue weighted by Gasteiger charge is 2.68. The van der Waals surface area contributed by atoms with Gasteiger partial charge in [-0.15, -0.1) is 0 Å². The first-order chi connectivity index (χ1) is 15.2. The second kappa shape index (κ2) is 6.96. The van der Waals surface area contributed by atoms with Gasteiger partial charge in [0.25, 0.3) is 0 Å². The number of ketones is 1. The summed E-state index contributed by atoms with van der Waals surface area (Å²) in [6.45, 7) is 16.7. The van der Waals surface area contributed by atoms with Gasteiger partial charge in [-0.25, -0.2) is 0 Å². The lowest BCUT2D eigenvalue weighted by atomic mass is 9.33. The number of hydrogen-bond donors (Lipinski definition) is 2. The normalized spacial score (nSPS) is 55.5. The molecule has 0 aromatic carbocycles. The van der Waals surface area contributed by atoms with Crippen LogP contribution in [0.4, 0.5) is 0 Å². The minimum Gasteiger partial charge on any atom is -0.396 e. The summed E-state index contributed by atoms with van der Waals surface area (Å²) in [5.41, 5.74) is 1.57. The van der Waals surface area contributed by atoms with E-state index in [1.807, 2.05) is 0 Å². The average Bonchev–Trinajstić information content (AvgIpc) is 2.73. The Hall–Kier alpha value is -0.670. The summed E-state index contributed by atoms with van der Waals surface area (Å²) in [5.74, 6) is 1.83. The molecule has 0 heterocycles. The van der Waals surface area contributed by atoms with Crippen molar-refractivity contribution in [2.24, 2.45) is 50.2 Å². The molecule has 0 unspecified atom stereocenters. The van der Waals surface area contributed by atoms with Crippen LogP contribution < -0.4 is 0 Å². The number of carbonyl (C=O) groups excluding carboxylic acids is 1. The molecule has 2 N–H and O–H groups in total. The van der Waals surface area contributed by atoms with Crippen LogP contribution in [0.25, 0.3) is 0 Å². The van der Waals surface area contributed by atoms with Crippen molar-refractivity contribution in [3.05, 3.63) is 11.6 Å². The van der Waals surface area contributed by atoms with Gasteiger partial charge in [0.2, 0.25) is 0 Å². The van der Waals surface area contributed by atoms with E-state index in [1.165, 1.54) is 12.8 Å². The number of allylic oxidation sites excluding steroid dienone is 2. The Balaban J connectivity index is 1.59. The van der Waals surface area contributed by atoms with Crippen molar-refractivity contribution in [1.82, 2.24) is 0 Å². The van der Waals surface area contributed by atoms with Crippen LogP contribution in [0.3, 0.4) is 0 Å². The molecule has 3 heteroatoms. The predicted octanol–water partition coefficient (Wildman–Crippen LogP) is 6.32. The minimum absolute atomic E-state index is 0.0247. The summed E-state index contributed by atoms with van der Waals surface area (Å²) in [4.78, 5) is 13.4. The van der Waals surface area contributed by atoms with Gasteiger partial charge in [-0.2, -0.15) is 0 Å². The lowest BCUT2D eigenvalue weighted by Crippen LogP contribution is -2.65. The van der Waals surface area contributed by atoms with Crippen molar-refractivity contribution < 1.29 is 15.0 Å². The highest BCUT2D eigenvalue weighted by molar-refractivity contribution is 5.87. The molecule has 33 heavy (non-hydrogen) atoms. The number of rotatable bonds is 1. The minimum atomic E-state index is -0.286. The SMILES string of the molecule is CC1(C)[C@@H](O)CC[C@]2(C)[C@H]3CC=C4[C@@H]5C[C@@](C)(CO)CC(=O)[C@]5(C)CC[C@@]4(C)[C@]3(C)CC[C@@H]12. The highest BCUT2D eigenvalue weighted by Crippen LogP contribution is 2.75. The zero-order valence-corrected chi connectivity index (χ0v) is 22.3. The Morgan fingerprint density at radius 1 is 0.939 bits per heavy atom. The van der Waals surface area contributed by atoms with Crippen molar-refractivity contribution in [2.75, 3.05) is 6.61 Å². The lowest BCUT2D eigenvalue weighted by Gasteiger charge is -2.71. The van der Waals surface area contributed by atoms with Gasteiger partial charge in [-0.05, 0) is 96.2 Å². The van der Waals surface area contributed by atoms with E-state index in [0.29, 0.717) is 24.0 Å². The third-order valence-electron chi connectivity index (χ3n) is 13.1. The van der Waals surface area contributed by atoms with Crippen LogP contribution in [-0.2, 0) is 4.79 Å². The van der Waals surface area contributed by atoms with E-state index < -0.39 is 0 Å². The molecule has 5 aliphatic rings. The first-order valence-corrected chi connectivity index (χ1v) is 13.7. The molecule has 0 aromatic rings. The summed E-state index contributed by atoms with van der Waals surface area (Å²) in [6, 6.07) is 0. The third kappa shape index (κ3) is 2.85. The summed E-state index contributed by atoms with van der Waals surface area (Å²) < 4.78 is 0. The first-order valence-electron chi connectivity index (χ1n) is 13.7. The molecular weight excluding hydrogens is 408 g/mol. The maximum atomic E-state index is 13.4. The van der Waals surface area contributed by atoms with Crippen LogP contribution in [0.2, 0.25) is 0 Å². The Morgan fingerprint density at radius 3 is 2.30 bits per heavy atom. The number of aliphatic hydroxyl groups excluding tert-OH is 2. The average molecular weight is 457 g/mol. The van der Waals surface area contributed by atoms with Gasteiger partial charge in [-0.1, -0.05) is 60.1 Å². The van der Waals surface area contributed by atoms with Crippen LogP contribution in [0.15, 0.2) is 11.6 Å². The molecule has 0 aromatic heterocycles. The smallest absolute Gasteiger partial charge is 0.139 e. The Bertz CT molecular complexity index is 889. The maximum absolute atomic E-state index is 13.4. The van der Waals surface area contributed by atoms with Crippen molar-refractivity contribution in [3.8, 4) is 0 Å². The summed E-state index contributed by atoms with van der Waals surface area (Å²) in [7, 11) is 0. The van der Waals surface area contributed by atoms with Crippen LogP contribution >= 0.6 is 0 Å². The number of carbonyl (C=O) groups is 1. The largest absolute Gasteiger partial charge is 0.396 e. The number of Topliss-reactive ketones (excluding diaryl/α,β-unsaturated/α-hetero) is 1. The summed E-state index contributed by atoms with van der Waals surface area (Å²) >= 11 is 0. The second-order valence-corrected chi connectivity index (χ2v) is 14.9. The number of hydrogen-bond acceptors (Lipinski definition) is 3. The number of aliphatic hydroxyl groups is 2. The van der Waals surface area contributed by atoms with Gasteiger partial charge < -0.3 is 10.2 Å². The molecule has 186 valence electrons. The van der Waals surface area contributed by atoms with Crippen molar-refractivity contribution in [2.45, 2.75) is 112 Å². The van der Waals surface area contributed by atoms with Gasteiger partial charge >= 0.3 is 0 Å². The van der Waals surface area contributed by atoms with Gasteiger partial charge in [0, 0.05) is 18.4 Å². The molecular formula is C30H48O3. The maximum Gasteiger partial charge on any atom is 0.139 e. The molecule has 0 radical (unpaired) electrons. The van der Waals surface area contributed by atoms with E-state index in [1.54, 1.807) is 5.57 Å². The van der Waals surface area contributed by atoms with Gasteiger partial charge in [-0.3, -0.25) is 4.79 Å². The molecule has 0 amide bonds. The molecule has 5 aliphatic carbocycles. The van der Waals surface area contributed by atoms with Crippen LogP contribution in [0.5, 0.6) is 0 Å². The Labute approximate surface area is 201 Å². The van der Waals surface area contributed by atoms with Gasteiger partial charge in [0.05, 0.1) is 6.10 Å². The summed E-state index contributed by atoms with van der Waals surface area (Å²) in [6.07, 6.45) is 11.5. The first kappa shape index (κ1) is 24.0. The van der Waals surface area contributed by atoms with Crippen molar-refractivity contribution in [1.29, 1.82) is 0 Å². The fourth-order valence-corrected chi connectivity index (χ4v) is 10.5. The van der Waals surface area contributed by atoms with E-state index in [-0.39, 0.29) is 51.1 Å². The molecule has 3 nitrogen and oxygen atoms in total. The van der Waals surface area contributed by atoms with Crippen LogP contribution in [0.1, 0.15) is 106 Å². The molecule has 0 spiro atoms. The van der Waals surface area contributed by atoms with Crippen LogP contribution in [0, 0.1) is 50.2 Å². The molecule has 0 bridgehead atoms. The molecule has 4 saturated carbocycles. The molecule has 0 saturated heterocycles. The predicted molar refractivity (Wildman–Crippen MR) is 133 cm³/mol. The molecule has 4 fully saturated rings. The monoisotopic (exact) mass is 456 g/mol. The standard InChI is InChI=1S/C30H48O3/c1-25(2)21-10-13-30(7)22(28(21,5)12-11-23(25)32)9-8-19-20-16-26(3,18-31)17-24(33)27(20,4)14-15-29(19,30)6/h8,20-23,31-32H,9-18H2,1-7H3/t20-,21-,22+,23-,26+,27+,28-,29+,30+/m0/s1. The third-order valence-corrected chi connectivity index (χ3v) is 13.1. The zero-order chi connectivity index (χ0) is 24.2. The fourth-order valence-electron chi connectivity index (χ4n) is 10.5. The van der Waals surface area contributed by atoms with Crippen LogP contribution in [-0.4, -0.2) is 28.7 Å². The Morgan fingerprint density at radius 2 is 1.64 bits per heavy atom. The Kier molecular flexibility index (Phi) is 5.07. The zero-order valence-electron chi connectivity index (χ0n) is 22.3. The lowest BCUT2D eigenvalue weighted by molar-refractivity contribution is -0.203. The molecule has 0 aliphatic heterocycles.